The molecule has 13 heteroatoms. The minimum Gasteiger partial charge on any atom is -0.338 e. The second-order valence-electron chi connectivity index (χ2n) is 6.10. The molecular formula is C16H15N9O3S. The van der Waals surface area contributed by atoms with Gasteiger partial charge in [0.1, 0.15) is 0 Å². The Morgan fingerprint density at radius 2 is 2.10 bits per heavy atom. The van der Waals surface area contributed by atoms with E-state index in [0.29, 0.717) is 28.3 Å². The van der Waals surface area contributed by atoms with Crippen LogP contribution in [0.3, 0.4) is 0 Å². The van der Waals surface area contributed by atoms with E-state index in [9.17, 15) is 10.1 Å². The number of benzene rings is 1. The summed E-state index contributed by atoms with van der Waals surface area (Å²) in [7, 11) is 0. The zero-order valence-corrected chi connectivity index (χ0v) is 16.2. The molecule has 0 saturated carbocycles. The number of nitrogen functional groups attached to an aromatic ring is 1. The van der Waals surface area contributed by atoms with Crippen molar-refractivity contribution in [3.05, 3.63) is 57.7 Å². The molecular weight excluding hydrogens is 398 g/mol. The van der Waals surface area contributed by atoms with Crippen LogP contribution in [-0.4, -0.2) is 39.7 Å². The van der Waals surface area contributed by atoms with E-state index in [2.05, 4.69) is 25.4 Å². The van der Waals surface area contributed by atoms with E-state index in [4.69, 9.17) is 10.4 Å². The number of hydrogen-bond donors (Lipinski definition) is 1. The normalized spacial score (nSPS) is 11.1. The molecule has 29 heavy (non-hydrogen) atoms. The first kappa shape index (κ1) is 18.6. The van der Waals surface area contributed by atoms with Crippen molar-refractivity contribution in [3.63, 3.8) is 0 Å². The number of rotatable bonds is 6. The topological polar surface area (TPSA) is 157 Å². The quantitative estimate of drug-likeness (QED) is 0.215. The van der Waals surface area contributed by atoms with Gasteiger partial charge in [-0.25, -0.2) is 9.36 Å². The van der Waals surface area contributed by atoms with Crippen molar-refractivity contribution >= 4 is 17.4 Å². The second kappa shape index (κ2) is 7.35. The summed E-state index contributed by atoms with van der Waals surface area (Å²) in [5.74, 6) is 7.38. The number of nitro benzene ring substituents is 1. The van der Waals surface area contributed by atoms with Crippen LogP contribution < -0.4 is 5.84 Å². The molecule has 0 aliphatic heterocycles. The average Bonchev–Trinajstić information content (AvgIpc) is 3.39. The van der Waals surface area contributed by atoms with Crippen molar-refractivity contribution < 1.29 is 9.45 Å². The van der Waals surface area contributed by atoms with Gasteiger partial charge in [0.25, 0.3) is 11.6 Å². The summed E-state index contributed by atoms with van der Waals surface area (Å²) in [5.41, 5.74) is 2.18. The van der Waals surface area contributed by atoms with Gasteiger partial charge in [0.05, 0.1) is 16.4 Å². The lowest BCUT2D eigenvalue weighted by atomic mass is 10.2. The maximum atomic E-state index is 10.9. The van der Waals surface area contributed by atoms with E-state index in [0.717, 1.165) is 11.4 Å². The average molecular weight is 413 g/mol. The Balaban J connectivity index is 1.49. The van der Waals surface area contributed by atoms with Gasteiger partial charge in [0, 0.05) is 23.4 Å². The van der Waals surface area contributed by atoms with E-state index in [1.54, 1.807) is 16.8 Å². The first-order valence-corrected chi connectivity index (χ1v) is 9.35. The Kier molecular flexibility index (Phi) is 4.72. The molecule has 0 bridgehead atoms. The van der Waals surface area contributed by atoms with E-state index < -0.39 is 4.92 Å². The number of nitro groups is 1. The molecule has 0 atom stereocenters. The lowest BCUT2D eigenvalue weighted by Gasteiger charge is -2.03. The summed E-state index contributed by atoms with van der Waals surface area (Å²) in [4.78, 5) is 14.7. The zero-order valence-electron chi connectivity index (χ0n) is 15.4. The van der Waals surface area contributed by atoms with Crippen LogP contribution in [0.5, 0.6) is 0 Å². The van der Waals surface area contributed by atoms with Gasteiger partial charge in [-0.15, -0.1) is 10.2 Å². The number of non-ortho nitro benzene ring substituents is 1. The maximum Gasteiger partial charge on any atom is 0.271 e. The van der Waals surface area contributed by atoms with Crippen LogP contribution in [0.1, 0.15) is 17.3 Å². The van der Waals surface area contributed by atoms with E-state index >= 15 is 0 Å². The van der Waals surface area contributed by atoms with Gasteiger partial charge in [0.2, 0.25) is 16.9 Å². The standard InChI is InChI=1S/C16H15N9O3S/c1-9-6-10(2)24(21-9)15-19-20-16(23(15)17)29-8-13-18-14(22-28-13)11-4-3-5-12(7-11)25(26)27/h3-7H,8,17H2,1-2H3. The van der Waals surface area contributed by atoms with Crippen LogP contribution in [-0.2, 0) is 5.75 Å². The third kappa shape index (κ3) is 3.67. The van der Waals surface area contributed by atoms with Crippen molar-refractivity contribution in [1.82, 2.24) is 34.8 Å². The Bertz CT molecular complexity index is 1200. The van der Waals surface area contributed by atoms with Gasteiger partial charge in [0.15, 0.2) is 0 Å². The third-order valence-electron chi connectivity index (χ3n) is 3.95. The maximum absolute atomic E-state index is 10.9. The van der Waals surface area contributed by atoms with E-state index in [1.807, 2.05) is 19.9 Å². The van der Waals surface area contributed by atoms with Crippen LogP contribution in [0.4, 0.5) is 5.69 Å². The molecule has 0 aliphatic rings. The predicted octanol–water partition coefficient (Wildman–Crippen LogP) is 2.04. The van der Waals surface area contributed by atoms with Crippen LogP contribution in [0.25, 0.3) is 17.3 Å². The van der Waals surface area contributed by atoms with Crippen LogP contribution in [0.2, 0.25) is 0 Å². The fourth-order valence-corrected chi connectivity index (χ4v) is 3.35. The molecule has 0 amide bonds. The molecule has 148 valence electrons. The van der Waals surface area contributed by atoms with Gasteiger partial charge in [-0.05, 0) is 19.9 Å². The summed E-state index contributed by atoms with van der Waals surface area (Å²) in [5, 5.41) is 27.7. The molecule has 0 aliphatic carbocycles. The van der Waals surface area contributed by atoms with Crippen molar-refractivity contribution in [3.8, 4) is 17.3 Å². The summed E-state index contributed by atoms with van der Waals surface area (Å²) >= 11 is 1.26. The molecule has 3 aromatic heterocycles. The van der Waals surface area contributed by atoms with Gasteiger partial charge in [-0.2, -0.15) is 10.1 Å². The van der Waals surface area contributed by atoms with Crippen molar-refractivity contribution in [2.45, 2.75) is 24.8 Å². The van der Waals surface area contributed by atoms with Crippen LogP contribution >= 0.6 is 11.8 Å². The fraction of sp³-hybridized carbons (Fsp3) is 0.188. The van der Waals surface area contributed by atoms with Gasteiger partial charge < -0.3 is 10.4 Å². The molecule has 0 unspecified atom stereocenters. The van der Waals surface area contributed by atoms with Gasteiger partial charge in [-0.1, -0.05) is 29.1 Å². The molecule has 0 fully saturated rings. The number of nitrogens with zero attached hydrogens (tertiary/aromatic N) is 8. The predicted molar refractivity (Wildman–Crippen MR) is 103 cm³/mol. The Morgan fingerprint density at radius 1 is 1.28 bits per heavy atom. The summed E-state index contributed by atoms with van der Waals surface area (Å²) in [6, 6.07) is 7.94. The van der Waals surface area contributed by atoms with Crippen molar-refractivity contribution in [2.24, 2.45) is 0 Å². The van der Waals surface area contributed by atoms with Gasteiger partial charge in [-0.3, -0.25) is 10.1 Å². The Morgan fingerprint density at radius 3 is 2.83 bits per heavy atom. The second-order valence-corrected chi connectivity index (χ2v) is 7.04. The molecule has 0 radical (unpaired) electrons. The summed E-state index contributed by atoms with van der Waals surface area (Å²) in [6.07, 6.45) is 0. The molecule has 1 aromatic carbocycles. The number of nitrogens with two attached hydrogens (primary N) is 1. The number of hydrogen-bond acceptors (Lipinski definition) is 10. The minimum atomic E-state index is -0.477. The number of aryl methyl sites for hydroxylation is 2. The lowest BCUT2D eigenvalue weighted by molar-refractivity contribution is -0.384. The molecule has 4 aromatic rings. The van der Waals surface area contributed by atoms with E-state index in [1.165, 1.54) is 28.6 Å². The van der Waals surface area contributed by atoms with Crippen molar-refractivity contribution in [2.75, 3.05) is 5.84 Å². The minimum absolute atomic E-state index is 0.0452. The van der Waals surface area contributed by atoms with Crippen LogP contribution in [0.15, 0.2) is 40.0 Å². The third-order valence-corrected chi connectivity index (χ3v) is 4.88. The highest BCUT2D eigenvalue weighted by Crippen LogP contribution is 2.24. The first-order valence-electron chi connectivity index (χ1n) is 8.36. The smallest absolute Gasteiger partial charge is 0.271 e. The molecule has 2 N–H and O–H groups in total. The van der Waals surface area contributed by atoms with Crippen LogP contribution in [0, 0.1) is 24.0 Å². The molecule has 0 spiro atoms. The molecule has 3 heterocycles. The lowest BCUT2D eigenvalue weighted by Crippen LogP contribution is -2.17. The number of aromatic nitrogens is 7. The Labute approximate surface area is 167 Å². The van der Waals surface area contributed by atoms with Crippen molar-refractivity contribution in [1.29, 1.82) is 0 Å². The number of thioether (sulfide) groups is 1. The highest BCUT2D eigenvalue weighted by atomic mass is 32.2. The molecule has 12 nitrogen and oxygen atoms in total. The summed E-state index contributed by atoms with van der Waals surface area (Å²) in [6.45, 7) is 3.78. The van der Waals surface area contributed by atoms with Gasteiger partial charge >= 0.3 is 0 Å². The SMILES string of the molecule is Cc1cc(C)n(-c2nnc(SCc3nc(-c4cccc([N+](=O)[O-])c4)no3)n2N)n1. The molecule has 4 rings (SSSR count). The largest absolute Gasteiger partial charge is 0.338 e. The summed E-state index contributed by atoms with van der Waals surface area (Å²) < 4.78 is 8.17. The Hall–Kier alpha value is -3.74. The molecule has 0 saturated heterocycles. The highest BCUT2D eigenvalue weighted by molar-refractivity contribution is 7.98. The fourth-order valence-electron chi connectivity index (χ4n) is 2.66. The highest BCUT2D eigenvalue weighted by Gasteiger charge is 2.17. The monoisotopic (exact) mass is 413 g/mol. The zero-order chi connectivity index (χ0) is 20.5. The first-order chi connectivity index (χ1) is 13.9. The van der Waals surface area contributed by atoms with E-state index in [-0.39, 0.29) is 11.5 Å².